The number of benzene rings is 2. The minimum absolute atomic E-state index is 0.0251. The summed E-state index contributed by atoms with van der Waals surface area (Å²) >= 11 is 0. The van der Waals surface area contributed by atoms with E-state index in [2.05, 4.69) is 17.1 Å². The van der Waals surface area contributed by atoms with Crippen LogP contribution in [0.3, 0.4) is 0 Å². The average molecular weight is 456 g/mol. The quantitative estimate of drug-likeness (QED) is 0.586. The molecule has 2 heterocycles. The zero-order valence-corrected chi connectivity index (χ0v) is 19.5. The van der Waals surface area contributed by atoms with E-state index < -0.39 is 10.0 Å². The van der Waals surface area contributed by atoms with Crippen molar-refractivity contribution in [2.75, 3.05) is 45.2 Å². The molecule has 1 aromatic heterocycles. The number of methoxy groups -OCH3 is 1. The van der Waals surface area contributed by atoms with Crippen molar-refractivity contribution < 1.29 is 13.2 Å². The molecule has 0 bridgehead atoms. The molecule has 1 unspecified atom stereocenters. The number of fused-ring (bicyclic) bond motifs is 1. The molecule has 8 nitrogen and oxygen atoms in total. The maximum atomic E-state index is 13.0. The van der Waals surface area contributed by atoms with Crippen LogP contribution in [0.2, 0.25) is 0 Å². The Morgan fingerprint density at radius 2 is 1.72 bits per heavy atom. The van der Waals surface area contributed by atoms with E-state index in [9.17, 15) is 8.42 Å². The largest absolute Gasteiger partial charge is 0.497 e. The molecule has 0 aliphatic carbocycles. The SMILES string of the molecule is CCNc1nc(C(C)N2CCN(S(=O)(=O)c3ccc(OC)cc3)CC2)nc2ccccc12. The van der Waals surface area contributed by atoms with E-state index in [4.69, 9.17) is 14.7 Å². The number of nitrogens with one attached hydrogen (secondary N) is 1. The van der Waals surface area contributed by atoms with Gasteiger partial charge in [0.1, 0.15) is 17.4 Å². The minimum Gasteiger partial charge on any atom is -0.497 e. The molecule has 1 atom stereocenters. The van der Waals surface area contributed by atoms with Gasteiger partial charge < -0.3 is 10.1 Å². The smallest absolute Gasteiger partial charge is 0.243 e. The minimum atomic E-state index is -3.53. The topological polar surface area (TPSA) is 87.7 Å². The van der Waals surface area contributed by atoms with Crippen LogP contribution in [-0.4, -0.2) is 67.4 Å². The van der Waals surface area contributed by atoms with Crippen molar-refractivity contribution in [3.63, 3.8) is 0 Å². The molecular formula is C23H29N5O3S. The van der Waals surface area contributed by atoms with Crippen molar-refractivity contribution in [1.29, 1.82) is 0 Å². The fourth-order valence-corrected chi connectivity index (χ4v) is 5.40. The van der Waals surface area contributed by atoms with Crippen LogP contribution in [0.25, 0.3) is 10.9 Å². The van der Waals surface area contributed by atoms with Gasteiger partial charge in [0.05, 0.1) is 23.6 Å². The van der Waals surface area contributed by atoms with Crippen LogP contribution in [0.15, 0.2) is 53.4 Å². The van der Waals surface area contributed by atoms with Crippen molar-refractivity contribution in [3.8, 4) is 5.75 Å². The molecule has 0 saturated carbocycles. The number of piperazine rings is 1. The summed E-state index contributed by atoms with van der Waals surface area (Å²) in [5.74, 6) is 2.21. The molecule has 1 saturated heterocycles. The highest BCUT2D eigenvalue weighted by molar-refractivity contribution is 7.89. The van der Waals surface area contributed by atoms with Gasteiger partial charge in [0.2, 0.25) is 10.0 Å². The molecule has 4 rings (SSSR count). The summed E-state index contributed by atoms with van der Waals surface area (Å²) in [6.07, 6.45) is 0. The van der Waals surface area contributed by atoms with Crippen LogP contribution in [0.5, 0.6) is 5.75 Å². The molecule has 1 N–H and O–H groups in total. The Labute approximate surface area is 189 Å². The lowest BCUT2D eigenvalue weighted by molar-refractivity contribution is 0.141. The van der Waals surface area contributed by atoms with Crippen molar-refractivity contribution in [3.05, 3.63) is 54.4 Å². The lowest BCUT2D eigenvalue weighted by Gasteiger charge is -2.36. The van der Waals surface area contributed by atoms with E-state index in [0.717, 1.165) is 29.1 Å². The summed E-state index contributed by atoms with van der Waals surface area (Å²) in [6.45, 7) is 6.97. The van der Waals surface area contributed by atoms with Gasteiger partial charge in [-0.1, -0.05) is 12.1 Å². The number of nitrogens with zero attached hydrogens (tertiary/aromatic N) is 4. The maximum absolute atomic E-state index is 13.0. The lowest BCUT2D eigenvalue weighted by Crippen LogP contribution is -2.49. The number of aromatic nitrogens is 2. The van der Waals surface area contributed by atoms with E-state index in [1.165, 1.54) is 0 Å². The Balaban J connectivity index is 1.49. The predicted molar refractivity (Wildman–Crippen MR) is 125 cm³/mol. The molecule has 2 aromatic carbocycles. The number of anilines is 1. The number of rotatable bonds is 7. The summed E-state index contributed by atoms with van der Waals surface area (Å²) in [5.41, 5.74) is 0.904. The first-order chi connectivity index (χ1) is 15.4. The average Bonchev–Trinajstić information content (AvgIpc) is 2.83. The molecule has 1 aliphatic heterocycles. The summed E-state index contributed by atoms with van der Waals surface area (Å²) in [6, 6.07) is 14.5. The second kappa shape index (κ2) is 9.40. The lowest BCUT2D eigenvalue weighted by atomic mass is 10.2. The van der Waals surface area contributed by atoms with Crippen LogP contribution >= 0.6 is 0 Å². The Kier molecular flexibility index (Phi) is 6.59. The molecule has 170 valence electrons. The zero-order chi connectivity index (χ0) is 22.7. The third-order valence-corrected chi connectivity index (χ3v) is 7.77. The maximum Gasteiger partial charge on any atom is 0.243 e. The van der Waals surface area contributed by atoms with Crippen LogP contribution in [0, 0.1) is 0 Å². The first kappa shape index (κ1) is 22.4. The number of hydrogen-bond acceptors (Lipinski definition) is 7. The first-order valence-electron chi connectivity index (χ1n) is 10.8. The monoisotopic (exact) mass is 455 g/mol. The highest BCUT2D eigenvalue weighted by atomic mass is 32.2. The molecule has 1 fully saturated rings. The van der Waals surface area contributed by atoms with Crippen molar-refractivity contribution in [1.82, 2.24) is 19.2 Å². The van der Waals surface area contributed by atoms with Crippen LogP contribution in [-0.2, 0) is 10.0 Å². The Bertz CT molecular complexity index is 1180. The Morgan fingerprint density at radius 3 is 2.38 bits per heavy atom. The second-order valence-electron chi connectivity index (χ2n) is 7.77. The molecule has 9 heteroatoms. The molecule has 1 aliphatic rings. The predicted octanol–water partition coefficient (Wildman–Crippen LogP) is 3.14. The molecule has 3 aromatic rings. The summed E-state index contributed by atoms with van der Waals surface area (Å²) in [4.78, 5) is 12.1. The molecule has 32 heavy (non-hydrogen) atoms. The van der Waals surface area contributed by atoms with E-state index in [0.29, 0.717) is 31.9 Å². The normalized spacial score (nSPS) is 16.7. The van der Waals surface area contributed by atoms with Gasteiger partial charge in [0.25, 0.3) is 0 Å². The van der Waals surface area contributed by atoms with Crippen LogP contribution in [0.1, 0.15) is 25.7 Å². The highest BCUT2D eigenvalue weighted by Gasteiger charge is 2.31. The van der Waals surface area contributed by atoms with Gasteiger partial charge in [0, 0.05) is 38.1 Å². The number of sulfonamides is 1. The van der Waals surface area contributed by atoms with Crippen LogP contribution in [0.4, 0.5) is 5.82 Å². The van der Waals surface area contributed by atoms with Gasteiger partial charge in [0.15, 0.2) is 0 Å². The van der Waals surface area contributed by atoms with Gasteiger partial charge in [-0.3, -0.25) is 4.90 Å². The van der Waals surface area contributed by atoms with Gasteiger partial charge in [-0.05, 0) is 50.2 Å². The van der Waals surface area contributed by atoms with E-state index in [-0.39, 0.29) is 10.9 Å². The summed E-state index contributed by atoms with van der Waals surface area (Å²) < 4.78 is 32.7. The third kappa shape index (κ3) is 4.41. The summed E-state index contributed by atoms with van der Waals surface area (Å²) in [7, 11) is -1.97. The van der Waals surface area contributed by atoms with Gasteiger partial charge >= 0.3 is 0 Å². The molecule has 0 spiro atoms. The highest BCUT2D eigenvalue weighted by Crippen LogP contribution is 2.27. The standard InChI is InChI=1S/C23H29N5O3S/c1-4-24-23-20-7-5-6-8-21(20)25-22(26-23)17(2)27-13-15-28(16-14-27)32(29,30)19-11-9-18(31-3)10-12-19/h5-12,17H,4,13-16H2,1-3H3,(H,24,25,26). The van der Waals surface area contributed by atoms with E-state index >= 15 is 0 Å². The number of hydrogen-bond donors (Lipinski definition) is 1. The van der Waals surface area contributed by atoms with Gasteiger partial charge in [-0.15, -0.1) is 0 Å². The third-order valence-electron chi connectivity index (χ3n) is 5.86. The number of para-hydroxylation sites is 1. The van der Waals surface area contributed by atoms with E-state index in [1.54, 1.807) is 35.7 Å². The van der Waals surface area contributed by atoms with Crippen molar-refractivity contribution in [2.24, 2.45) is 0 Å². The summed E-state index contributed by atoms with van der Waals surface area (Å²) in [5, 5.41) is 4.34. The van der Waals surface area contributed by atoms with Crippen molar-refractivity contribution >= 4 is 26.7 Å². The molecule has 0 radical (unpaired) electrons. The van der Waals surface area contributed by atoms with Crippen LogP contribution < -0.4 is 10.1 Å². The fourth-order valence-electron chi connectivity index (χ4n) is 3.97. The Hall–Kier alpha value is -2.75. The zero-order valence-electron chi connectivity index (χ0n) is 18.7. The van der Waals surface area contributed by atoms with Gasteiger partial charge in [-0.2, -0.15) is 4.31 Å². The molecular weight excluding hydrogens is 426 g/mol. The molecule has 0 amide bonds. The van der Waals surface area contributed by atoms with E-state index in [1.807, 2.05) is 31.2 Å². The second-order valence-corrected chi connectivity index (χ2v) is 9.71. The Morgan fingerprint density at radius 1 is 1.03 bits per heavy atom. The fraction of sp³-hybridized carbons (Fsp3) is 0.391. The first-order valence-corrected chi connectivity index (χ1v) is 12.3. The number of ether oxygens (including phenoxy) is 1. The van der Waals surface area contributed by atoms with Crippen molar-refractivity contribution in [2.45, 2.75) is 24.8 Å². The van der Waals surface area contributed by atoms with Gasteiger partial charge in [-0.25, -0.2) is 18.4 Å².